The highest BCUT2D eigenvalue weighted by molar-refractivity contribution is 8.00. The minimum Gasteiger partial charge on any atom is -0.454 e. The molecule has 1 fully saturated rings. The first-order chi connectivity index (χ1) is 24.4. The highest BCUT2D eigenvalue weighted by Crippen LogP contribution is 2.35. The van der Waals surface area contributed by atoms with Crippen LogP contribution in [0.3, 0.4) is 0 Å². The first kappa shape index (κ1) is 32.3. The second-order valence-electron chi connectivity index (χ2n) is 11.4. The van der Waals surface area contributed by atoms with E-state index < -0.39 is 23.7 Å². The zero-order chi connectivity index (χ0) is 34.5. The maximum Gasteiger partial charge on any atom is 0.338 e. The van der Waals surface area contributed by atoms with E-state index in [1.165, 1.54) is 24.3 Å². The largest absolute Gasteiger partial charge is 0.454 e. The van der Waals surface area contributed by atoms with Gasteiger partial charge in [0.2, 0.25) is 17.0 Å². The molecule has 1 aromatic heterocycles. The molecule has 1 unspecified atom stereocenters. The standard InChI is InChI=1S/C40H28N4O5S/c45-33(28-18-16-27(17-19-28)26-10-4-1-5-11-26)25-49-39(48)31-20-22-32(23-21-31)44-35(46)24-34(38(44)47)50-40-41-36(29-12-6-2-7-13-29)37(42-43-40)30-14-8-3-9-15-30/h1-23,34H,24-25H2. The molecular formula is C40H28N4O5S. The van der Waals surface area contributed by atoms with Crippen molar-refractivity contribution >= 4 is 41.0 Å². The van der Waals surface area contributed by atoms with Crippen molar-refractivity contribution in [3.8, 4) is 33.6 Å². The SMILES string of the molecule is O=C(COC(=O)c1ccc(N2C(=O)CC(Sc3nnc(-c4ccccc4)c(-c4ccccc4)n3)C2=O)cc1)c1ccc(-c2ccccc2)cc1. The molecule has 50 heavy (non-hydrogen) atoms. The Morgan fingerprint density at radius 3 is 1.80 bits per heavy atom. The molecular weight excluding hydrogens is 649 g/mol. The third-order valence-electron chi connectivity index (χ3n) is 8.12. The number of esters is 1. The number of imide groups is 1. The van der Waals surface area contributed by atoms with Crippen molar-refractivity contribution in [3.63, 3.8) is 0 Å². The average molecular weight is 677 g/mol. The number of benzene rings is 5. The Hall–Kier alpha value is -6.26. The zero-order valence-corrected chi connectivity index (χ0v) is 27.3. The van der Waals surface area contributed by atoms with E-state index in [1.54, 1.807) is 12.1 Å². The molecule has 0 radical (unpaired) electrons. The molecule has 2 heterocycles. The lowest BCUT2D eigenvalue weighted by atomic mass is 10.0. The van der Waals surface area contributed by atoms with Crippen LogP contribution in [-0.4, -0.2) is 50.6 Å². The number of carbonyl (C=O) groups is 4. The summed E-state index contributed by atoms with van der Waals surface area (Å²) in [6, 6.07) is 42.0. The molecule has 1 atom stereocenters. The van der Waals surface area contributed by atoms with Crippen molar-refractivity contribution in [2.45, 2.75) is 16.8 Å². The predicted molar refractivity (Wildman–Crippen MR) is 190 cm³/mol. The van der Waals surface area contributed by atoms with Crippen LogP contribution in [0.2, 0.25) is 0 Å². The Morgan fingerprint density at radius 1 is 0.640 bits per heavy atom. The number of ketones is 1. The Bertz CT molecular complexity index is 2180. The summed E-state index contributed by atoms with van der Waals surface area (Å²) in [4.78, 5) is 57.8. The molecule has 6 aromatic rings. The van der Waals surface area contributed by atoms with Crippen LogP contribution in [0.1, 0.15) is 27.1 Å². The molecule has 9 nitrogen and oxygen atoms in total. The van der Waals surface area contributed by atoms with Gasteiger partial charge in [-0.3, -0.25) is 14.4 Å². The summed E-state index contributed by atoms with van der Waals surface area (Å²) in [5.41, 5.74) is 5.86. The van der Waals surface area contributed by atoms with E-state index in [-0.39, 0.29) is 28.8 Å². The van der Waals surface area contributed by atoms with Crippen molar-refractivity contribution in [2.24, 2.45) is 0 Å². The minimum atomic E-state index is -0.757. The second-order valence-corrected chi connectivity index (χ2v) is 12.6. The smallest absolute Gasteiger partial charge is 0.338 e. The molecule has 5 aromatic carbocycles. The van der Waals surface area contributed by atoms with Gasteiger partial charge in [-0.2, -0.15) is 0 Å². The summed E-state index contributed by atoms with van der Waals surface area (Å²) in [5.74, 6) is -1.84. The number of hydrogen-bond donors (Lipinski definition) is 0. The van der Waals surface area contributed by atoms with Gasteiger partial charge in [-0.25, -0.2) is 14.7 Å². The normalized spacial score (nSPS) is 14.1. The third kappa shape index (κ3) is 6.96. The van der Waals surface area contributed by atoms with Gasteiger partial charge in [0.05, 0.1) is 11.3 Å². The average Bonchev–Trinajstić information content (AvgIpc) is 3.46. The molecule has 0 saturated carbocycles. The fourth-order valence-corrected chi connectivity index (χ4v) is 6.49. The molecule has 0 N–H and O–H groups in total. The zero-order valence-electron chi connectivity index (χ0n) is 26.5. The van der Waals surface area contributed by atoms with Gasteiger partial charge >= 0.3 is 5.97 Å². The van der Waals surface area contributed by atoms with Crippen molar-refractivity contribution < 1.29 is 23.9 Å². The van der Waals surface area contributed by atoms with Crippen molar-refractivity contribution in [2.75, 3.05) is 11.5 Å². The van der Waals surface area contributed by atoms with Crippen LogP contribution < -0.4 is 4.90 Å². The quantitative estimate of drug-likeness (QED) is 0.0834. The topological polar surface area (TPSA) is 119 Å². The van der Waals surface area contributed by atoms with Gasteiger partial charge in [0.15, 0.2) is 12.4 Å². The highest BCUT2D eigenvalue weighted by Gasteiger charge is 2.41. The van der Waals surface area contributed by atoms with E-state index >= 15 is 0 Å². The summed E-state index contributed by atoms with van der Waals surface area (Å²) < 4.78 is 5.27. The Labute approximate surface area is 292 Å². The molecule has 2 amide bonds. The molecule has 1 saturated heterocycles. The number of ether oxygens (including phenoxy) is 1. The van der Waals surface area contributed by atoms with Gasteiger partial charge in [0.25, 0.3) is 0 Å². The number of Topliss-reactive ketones (excluding diaryl/α,β-unsaturated/α-hetero) is 1. The number of amides is 2. The van der Waals surface area contributed by atoms with Gasteiger partial charge in [0, 0.05) is 23.1 Å². The lowest BCUT2D eigenvalue weighted by molar-refractivity contribution is -0.121. The van der Waals surface area contributed by atoms with Crippen molar-refractivity contribution in [1.82, 2.24) is 15.2 Å². The molecule has 1 aliphatic heterocycles. The molecule has 244 valence electrons. The number of hydrogen-bond acceptors (Lipinski definition) is 9. The summed E-state index contributed by atoms with van der Waals surface area (Å²) in [6.07, 6.45) is -0.0494. The van der Waals surface area contributed by atoms with E-state index in [2.05, 4.69) is 10.2 Å². The van der Waals surface area contributed by atoms with Crippen LogP contribution in [0.25, 0.3) is 33.6 Å². The number of anilines is 1. The Morgan fingerprint density at radius 2 is 1.18 bits per heavy atom. The second kappa shape index (κ2) is 14.5. The molecule has 7 rings (SSSR count). The third-order valence-corrected chi connectivity index (χ3v) is 9.16. The Kier molecular flexibility index (Phi) is 9.35. The van der Waals surface area contributed by atoms with E-state index in [1.807, 2.05) is 103 Å². The Balaban J connectivity index is 0.995. The fraction of sp³-hybridized carbons (Fsp3) is 0.0750. The van der Waals surface area contributed by atoms with Gasteiger partial charge in [0.1, 0.15) is 16.6 Å². The monoisotopic (exact) mass is 676 g/mol. The number of rotatable bonds is 10. The molecule has 0 aliphatic carbocycles. The summed E-state index contributed by atoms with van der Waals surface area (Å²) in [6.45, 7) is -0.428. The molecule has 10 heteroatoms. The lowest BCUT2D eigenvalue weighted by Gasteiger charge is -2.15. The first-order valence-electron chi connectivity index (χ1n) is 15.8. The summed E-state index contributed by atoms with van der Waals surface area (Å²) in [7, 11) is 0. The van der Waals surface area contributed by atoms with Crippen LogP contribution in [-0.2, 0) is 14.3 Å². The van der Waals surface area contributed by atoms with E-state index in [0.717, 1.165) is 38.9 Å². The molecule has 0 spiro atoms. The predicted octanol–water partition coefficient (Wildman–Crippen LogP) is 7.34. The number of carbonyl (C=O) groups excluding carboxylic acids is 4. The van der Waals surface area contributed by atoms with Gasteiger partial charge in [-0.05, 0) is 35.4 Å². The maximum absolute atomic E-state index is 13.5. The highest BCUT2D eigenvalue weighted by atomic mass is 32.2. The van der Waals surface area contributed by atoms with Gasteiger partial charge in [-0.1, -0.05) is 127 Å². The van der Waals surface area contributed by atoms with Gasteiger partial charge in [-0.15, -0.1) is 10.2 Å². The van der Waals surface area contributed by atoms with E-state index in [4.69, 9.17) is 9.72 Å². The van der Waals surface area contributed by atoms with Crippen LogP contribution in [0.15, 0.2) is 145 Å². The van der Waals surface area contributed by atoms with Crippen molar-refractivity contribution in [3.05, 3.63) is 151 Å². The molecule has 0 bridgehead atoms. The number of aromatic nitrogens is 3. The minimum absolute atomic E-state index is 0.0494. The first-order valence-corrected chi connectivity index (χ1v) is 16.7. The van der Waals surface area contributed by atoms with E-state index in [0.29, 0.717) is 22.6 Å². The van der Waals surface area contributed by atoms with Crippen LogP contribution in [0.4, 0.5) is 5.69 Å². The summed E-state index contributed by atoms with van der Waals surface area (Å²) >= 11 is 1.09. The van der Waals surface area contributed by atoms with Crippen LogP contribution >= 0.6 is 11.8 Å². The number of thioether (sulfide) groups is 1. The van der Waals surface area contributed by atoms with Crippen LogP contribution in [0, 0.1) is 0 Å². The van der Waals surface area contributed by atoms with Crippen LogP contribution in [0.5, 0.6) is 0 Å². The lowest BCUT2D eigenvalue weighted by Crippen LogP contribution is -2.31. The number of nitrogens with zero attached hydrogens (tertiary/aromatic N) is 4. The van der Waals surface area contributed by atoms with Crippen molar-refractivity contribution in [1.29, 1.82) is 0 Å². The summed E-state index contributed by atoms with van der Waals surface area (Å²) in [5, 5.41) is 8.29. The maximum atomic E-state index is 13.5. The van der Waals surface area contributed by atoms with Gasteiger partial charge < -0.3 is 4.74 Å². The molecule has 1 aliphatic rings. The fourth-order valence-electron chi connectivity index (χ4n) is 5.57. The van der Waals surface area contributed by atoms with E-state index in [9.17, 15) is 19.2 Å².